The SMILES string of the molecule is CN(Cc1c[nH]c(-c2cccnc2Cl)c1F)C(=O)O. The van der Waals surface area contributed by atoms with E-state index in [0.717, 1.165) is 4.90 Å². The van der Waals surface area contributed by atoms with Crippen molar-refractivity contribution in [2.75, 3.05) is 7.05 Å². The quantitative estimate of drug-likeness (QED) is 0.851. The van der Waals surface area contributed by atoms with E-state index in [0.29, 0.717) is 5.56 Å². The third-order valence-corrected chi connectivity index (χ3v) is 2.96. The van der Waals surface area contributed by atoms with E-state index >= 15 is 0 Å². The van der Waals surface area contributed by atoms with Crippen molar-refractivity contribution in [3.05, 3.63) is 41.1 Å². The fourth-order valence-corrected chi connectivity index (χ4v) is 1.87. The van der Waals surface area contributed by atoms with Crippen LogP contribution in [0.5, 0.6) is 0 Å². The Hall–Kier alpha value is -2.08. The van der Waals surface area contributed by atoms with Crippen molar-refractivity contribution < 1.29 is 14.3 Å². The summed E-state index contributed by atoms with van der Waals surface area (Å²) in [7, 11) is 1.37. The highest BCUT2D eigenvalue weighted by molar-refractivity contribution is 6.32. The van der Waals surface area contributed by atoms with Gasteiger partial charge in [-0.05, 0) is 12.1 Å². The number of halogens is 2. The Morgan fingerprint density at radius 2 is 2.37 bits per heavy atom. The maximum Gasteiger partial charge on any atom is 0.407 e. The molecule has 0 aliphatic carbocycles. The van der Waals surface area contributed by atoms with Crippen molar-refractivity contribution in [2.45, 2.75) is 6.54 Å². The van der Waals surface area contributed by atoms with Gasteiger partial charge in [-0.2, -0.15) is 0 Å². The molecular weight excluding hydrogens is 273 g/mol. The van der Waals surface area contributed by atoms with Crippen molar-refractivity contribution in [2.24, 2.45) is 0 Å². The molecule has 0 aliphatic heterocycles. The Morgan fingerprint density at radius 1 is 1.63 bits per heavy atom. The van der Waals surface area contributed by atoms with E-state index in [1.807, 2.05) is 0 Å². The molecule has 0 radical (unpaired) electrons. The number of nitrogens with one attached hydrogen (secondary N) is 1. The van der Waals surface area contributed by atoms with Gasteiger partial charge in [0.2, 0.25) is 0 Å². The van der Waals surface area contributed by atoms with E-state index in [2.05, 4.69) is 9.97 Å². The maximum atomic E-state index is 14.2. The number of carbonyl (C=O) groups is 1. The average molecular weight is 284 g/mol. The lowest BCUT2D eigenvalue weighted by atomic mass is 10.2. The van der Waals surface area contributed by atoms with Crippen molar-refractivity contribution in [3.8, 4) is 11.3 Å². The molecule has 2 N–H and O–H groups in total. The summed E-state index contributed by atoms with van der Waals surface area (Å²) in [6.45, 7) is -0.0461. The normalized spacial score (nSPS) is 10.5. The van der Waals surface area contributed by atoms with Crippen LogP contribution in [0.4, 0.5) is 9.18 Å². The molecule has 2 aromatic rings. The zero-order valence-electron chi connectivity index (χ0n) is 10.0. The topological polar surface area (TPSA) is 69.2 Å². The summed E-state index contributed by atoms with van der Waals surface area (Å²) in [5.41, 5.74) is 0.887. The van der Waals surface area contributed by atoms with Crippen LogP contribution in [0.25, 0.3) is 11.3 Å². The van der Waals surface area contributed by atoms with E-state index in [-0.39, 0.29) is 23.0 Å². The number of aromatic nitrogens is 2. The fraction of sp³-hybridized carbons (Fsp3) is 0.167. The number of nitrogens with zero attached hydrogens (tertiary/aromatic N) is 2. The molecule has 0 aromatic carbocycles. The van der Waals surface area contributed by atoms with Gasteiger partial charge in [-0.25, -0.2) is 14.2 Å². The summed E-state index contributed by atoms with van der Waals surface area (Å²) in [4.78, 5) is 18.3. The van der Waals surface area contributed by atoms with E-state index in [9.17, 15) is 9.18 Å². The molecule has 0 saturated heterocycles. The number of aromatic amines is 1. The monoisotopic (exact) mass is 283 g/mol. The van der Waals surface area contributed by atoms with Crippen molar-refractivity contribution >= 4 is 17.7 Å². The molecule has 0 unspecified atom stereocenters. The third kappa shape index (κ3) is 2.68. The molecule has 1 amide bonds. The first-order valence-electron chi connectivity index (χ1n) is 5.41. The standard InChI is InChI=1S/C12H11ClFN3O2/c1-17(12(18)19)6-7-5-16-10(9(7)14)8-3-2-4-15-11(8)13/h2-5,16H,6H2,1H3,(H,18,19). The predicted molar refractivity (Wildman–Crippen MR) is 68.5 cm³/mol. The fourth-order valence-electron chi connectivity index (χ4n) is 1.65. The van der Waals surface area contributed by atoms with Gasteiger partial charge in [0.15, 0.2) is 5.82 Å². The molecule has 0 bridgehead atoms. The molecule has 2 rings (SSSR count). The minimum absolute atomic E-state index is 0.0461. The van der Waals surface area contributed by atoms with Gasteiger partial charge in [0.1, 0.15) is 5.15 Å². The molecular formula is C12H11ClFN3O2. The first-order valence-corrected chi connectivity index (χ1v) is 5.79. The van der Waals surface area contributed by atoms with E-state index in [1.165, 1.54) is 19.4 Å². The minimum atomic E-state index is -1.12. The van der Waals surface area contributed by atoms with Crippen molar-refractivity contribution in [3.63, 3.8) is 0 Å². The van der Waals surface area contributed by atoms with Crippen LogP contribution in [-0.4, -0.2) is 33.1 Å². The molecule has 0 atom stereocenters. The summed E-state index contributed by atoms with van der Waals surface area (Å²) in [5, 5.41) is 8.95. The van der Waals surface area contributed by atoms with Crippen LogP contribution in [0.15, 0.2) is 24.5 Å². The number of hydrogen-bond acceptors (Lipinski definition) is 2. The molecule has 7 heteroatoms. The second-order valence-corrected chi connectivity index (χ2v) is 4.34. The average Bonchev–Trinajstić information content (AvgIpc) is 2.72. The minimum Gasteiger partial charge on any atom is -0.465 e. The van der Waals surface area contributed by atoms with Gasteiger partial charge in [0, 0.05) is 30.6 Å². The van der Waals surface area contributed by atoms with Gasteiger partial charge in [-0.15, -0.1) is 0 Å². The zero-order valence-corrected chi connectivity index (χ0v) is 10.8. The Bertz CT molecular complexity index is 615. The first kappa shape index (κ1) is 13.4. The number of pyridine rings is 1. The van der Waals surface area contributed by atoms with Crippen LogP contribution >= 0.6 is 11.6 Å². The van der Waals surface area contributed by atoms with Gasteiger partial charge < -0.3 is 15.0 Å². The van der Waals surface area contributed by atoms with E-state index < -0.39 is 11.9 Å². The Labute approximate surface area is 113 Å². The number of carboxylic acid groups (broad SMARTS) is 1. The smallest absolute Gasteiger partial charge is 0.407 e. The van der Waals surface area contributed by atoms with Crippen LogP contribution in [0.1, 0.15) is 5.56 Å². The lowest BCUT2D eigenvalue weighted by Gasteiger charge is -2.11. The van der Waals surface area contributed by atoms with Crippen molar-refractivity contribution in [1.29, 1.82) is 0 Å². The lowest BCUT2D eigenvalue weighted by Crippen LogP contribution is -2.24. The highest BCUT2D eigenvalue weighted by Crippen LogP contribution is 2.28. The summed E-state index contributed by atoms with van der Waals surface area (Å²) >= 11 is 5.89. The summed E-state index contributed by atoms with van der Waals surface area (Å²) in [6.07, 6.45) is 1.81. The number of rotatable bonds is 3. The predicted octanol–water partition coefficient (Wildman–Crippen LogP) is 2.98. The largest absolute Gasteiger partial charge is 0.465 e. The molecule has 0 spiro atoms. The van der Waals surface area contributed by atoms with Crippen LogP contribution in [0.3, 0.4) is 0 Å². The highest BCUT2D eigenvalue weighted by Gasteiger charge is 2.17. The number of amides is 1. The Kier molecular flexibility index (Phi) is 3.71. The van der Waals surface area contributed by atoms with Gasteiger partial charge in [0.05, 0.1) is 12.2 Å². The van der Waals surface area contributed by atoms with Crippen molar-refractivity contribution in [1.82, 2.24) is 14.9 Å². The molecule has 100 valence electrons. The van der Waals surface area contributed by atoms with Gasteiger partial charge in [0.25, 0.3) is 0 Å². The number of H-pyrrole nitrogens is 1. The first-order chi connectivity index (χ1) is 9.00. The molecule has 2 aromatic heterocycles. The molecule has 2 heterocycles. The Morgan fingerprint density at radius 3 is 3.00 bits per heavy atom. The molecule has 19 heavy (non-hydrogen) atoms. The van der Waals surface area contributed by atoms with Gasteiger partial charge in [-0.3, -0.25) is 0 Å². The lowest BCUT2D eigenvalue weighted by molar-refractivity contribution is 0.153. The molecule has 0 saturated carbocycles. The molecule has 0 aliphatic rings. The molecule has 0 fully saturated rings. The van der Waals surface area contributed by atoms with Crippen LogP contribution in [0.2, 0.25) is 5.15 Å². The number of hydrogen-bond donors (Lipinski definition) is 2. The van der Waals surface area contributed by atoms with Crippen LogP contribution in [0, 0.1) is 5.82 Å². The van der Waals surface area contributed by atoms with Crippen LogP contribution < -0.4 is 0 Å². The van der Waals surface area contributed by atoms with E-state index in [1.54, 1.807) is 12.1 Å². The van der Waals surface area contributed by atoms with Gasteiger partial charge in [-0.1, -0.05) is 11.6 Å². The molecule has 5 nitrogen and oxygen atoms in total. The summed E-state index contributed by atoms with van der Waals surface area (Å²) in [6, 6.07) is 3.28. The van der Waals surface area contributed by atoms with Gasteiger partial charge >= 0.3 is 6.09 Å². The summed E-state index contributed by atoms with van der Waals surface area (Å²) in [5.74, 6) is -0.525. The third-order valence-electron chi connectivity index (χ3n) is 2.65. The maximum absolute atomic E-state index is 14.2. The highest BCUT2D eigenvalue weighted by atomic mass is 35.5. The second kappa shape index (κ2) is 5.27. The van der Waals surface area contributed by atoms with Crippen LogP contribution in [-0.2, 0) is 6.54 Å². The Balaban J connectivity index is 2.34. The van der Waals surface area contributed by atoms with E-state index in [4.69, 9.17) is 16.7 Å². The summed E-state index contributed by atoms with van der Waals surface area (Å²) < 4.78 is 14.2. The second-order valence-electron chi connectivity index (χ2n) is 3.98. The zero-order chi connectivity index (χ0) is 14.0.